The lowest BCUT2D eigenvalue weighted by molar-refractivity contribution is 0.287. The highest BCUT2D eigenvalue weighted by atomic mass is 19.1. The van der Waals surface area contributed by atoms with E-state index in [2.05, 4.69) is 25.0 Å². The smallest absolute Gasteiger partial charge is 0.187 e. The van der Waals surface area contributed by atoms with Crippen molar-refractivity contribution in [1.29, 1.82) is 0 Å². The topological polar surface area (TPSA) is 75.9 Å². The average Bonchev–Trinajstić information content (AvgIpc) is 3.03. The number of piperazine rings is 1. The van der Waals surface area contributed by atoms with Crippen molar-refractivity contribution in [3.8, 4) is 0 Å². The van der Waals surface area contributed by atoms with Gasteiger partial charge in [0.05, 0.1) is 29.4 Å². The Labute approximate surface area is 156 Å². The molecule has 3 aromatic heterocycles. The first-order valence-electron chi connectivity index (χ1n) is 9.25. The van der Waals surface area contributed by atoms with Crippen LogP contribution in [0, 0.1) is 12.7 Å². The minimum Gasteiger partial charge on any atom is -0.350 e. The second-order valence-electron chi connectivity index (χ2n) is 7.27. The highest BCUT2D eigenvalue weighted by Gasteiger charge is 2.47. The quantitative estimate of drug-likeness (QED) is 0.695. The summed E-state index contributed by atoms with van der Waals surface area (Å²) in [5.74, 6) is 1.79. The van der Waals surface area contributed by atoms with Gasteiger partial charge in [0.2, 0.25) is 0 Å². The van der Waals surface area contributed by atoms with Crippen LogP contribution < -0.4 is 9.80 Å². The molecule has 3 aliphatic heterocycles. The number of halogens is 1. The first kappa shape index (κ1) is 16.3. The molecule has 27 heavy (non-hydrogen) atoms. The number of rotatable bonds is 3. The maximum absolute atomic E-state index is 14.7. The number of aryl methyl sites for hydroxylation is 3. The van der Waals surface area contributed by atoms with Crippen molar-refractivity contribution in [3.63, 3.8) is 0 Å². The SMILES string of the molecule is CCc1ncnc(N2CC3CC(C2)N3c2nc(C)nc3c2cnn3C)c1F. The van der Waals surface area contributed by atoms with Gasteiger partial charge in [-0.3, -0.25) is 4.68 Å². The van der Waals surface area contributed by atoms with Gasteiger partial charge in [-0.15, -0.1) is 0 Å². The molecule has 9 heteroatoms. The summed E-state index contributed by atoms with van der Waals surface area (Å²) in [7, 11) is 1.89. The Kier molecular flexibility index (Phi) is 3.53. The van der Waals surface area contributed by atoms with Crippen LogP contribution in [0.3, 0.4) is 0 Å². The van der Waals surface area contributed by atoms with E-state index >= 15 is 0 Å². The summed E-state index contributed by atoms with van der Waals surface area (Å²) in [5, 5.41) is 5.30. The van der Waals surface area contributed by atoms with Crippen LogP contribution in [0.4, 0.5) is 16.0 Å². The summed E-state index contributed by atoms with van der Waals surface area (Å²) in [5.41, 5.74) is 1.31. The lowest BCUT2D eigenvalue weighted by Crippen LogP contribution is -2.69. The molecule has 3 aliphatic rings. The van der Waals surface area contributed by atoms with Gasteiger partial charge in [-0.2, -0.15) is 5.10 Å². The Hall–Kier alpha value is -2.84. The number of hydrogen-bond acceptors (Lipinski definition) is 7. The van der Waals surface area contributed by atoms with E-state index in [1.165, 1.54) is 6.33 Å². The molecule has 0 saturated carbocycles. The molecule has 2 unspecified atom stereocenters. The van der Waals surface area contributed by atoms with Gasteiger partial charge >= 0.3 is 0 Å². The lowest BCUT2D eigenvalue weighted by atomic mass is 9.87. The van der Waals surface area contributed by atoms with Crippen molar-refractivity contribution in [2.75, 3.05) is 22.9 Å². The van der Waals surface area contributed by atoms with Gasteiger partial charge < -0.3 is 9.80 Å². The molecule has 6 heterocycles. The standard InChI is InChI=1S/C18H21FN8/c1-4-14-15(19)18(21-9-20-14)26-7-11-5-12(8-26)27(11)17-13-6-22-25(3)16(13)23-10(2)24-17/h6,9,11-12H,4-5,7-8H2,1-3H3. The molecule has 0 radical (unpaired) electrons. The van der Waals surface area contributed by atoms with Crippen molar-refractivity contribution in [3.05, 3.63) is 29.9 Å². The number of aromatic nitrogens is 6. The Bertz CT molecular complexity index is 1020. The molecule has 0 spiro atoms. The Morgan fingerprint density at radius 3 is 2.67 bits per heavy atom. The fraction of sp³-hybridized carbons (Fsp3) is 0.500. The molecule has 3 aromatic rings. The first-order chi connectivity index (χ1) is 13.1. The lowest BCUT2D eigenvalue weighted by Gasteiger charge is -2.57. The van der Waals surface area contributed by atoms with Gasteiger partial charge in [0.1, 0.15) is 18.0 Å². The molecule has 3 saturated heterocycles. The van der Waals surface area contributed by atoms with Crippen LogP contribution in [0.25, 0.3) is 11.0 Å². The largest absolute Gasteiger partial charge is 0.350 e. The molecular formula is C18H21FN8. The van der Waals surface area contributed by atoms with Gasteiger partial charge in [0.25, 0.3) is 0 Å². The molecule has 0 aliphatic carbocycles. The molecule has 3 fully saturated rings. The van der Waals surface area contributed by atoms with Crippen LogP contribution in [0.2, 0.25) is 0 Å². The zero-order valence-electron chi connectivity index (χ0n) is 15.6. The predicted molar refractivity (Wildman–Crippen MR) is 99.3 cm³/mol. The number of anilines is 2. The molecule has 0 aromatic carbocycles. The molecule has 0 amide bonds. The molecule has 8 nitrogen and oxygen atoms in total. The zero-order valence-corrected chi connectivity index (χ0v) is 15.6. The second-order valence-corrected chi connectivity index (χ2v) is 7.27. The van der Waals surface area contributed by atoms with E-state index in [-0.39, 0.29) is 17.9 Å². The summed E-state index contributed by atoms with van der Waals surface area (Å²) in [6.45, 7) is 5.25. The normalized spacial score (nSPS) is 21.6. The van der Waals surface area contributed by atoms with Crippen LogP contribution >= 0.6 is 0 Å². The third-order valence-electron chi connectivity index (χ3n) is 5.60. The van der Waals surface area contributed by atoms with Crippen molar-refractivity contribution in [1.82, 2.24) is 29.7 Å². The molecule has 0 N–H and O–H groups in total. The fourth-order valence-corrected chi connectivity index (χ4v) is 4.30. The monoisotopic (exact) mass is 368 g/mol. The summed E-state index contributed by atoms with van der Waals surface area (Å²) < 4.78 is 16.4. The Balaban J connectivity index is 1.47. The molecule has 2 bridgehead atoms. The molecule has 2 atom stereocenters. The number of nitrogens with zero attached hydrogens (tertiary/aromatic N) is 8. The summed E-state index contributed by atoms with van der Waals surface area (Å²) in [6.07, 6.45) is 4.93. The predicted octanol–water partition coefficient (Wildman–Crippen LogP) is 1.63. The molecule has 140 valence electrons. The van der Waals surface area contributed by atoms with Crippen molar-refractivity contribution in [2.45, 2.75) is 38.8 Å². The van der Waals surface area contributed by atoms with E-state index in [4.69, 9.17) is 4.98 Å². The summed E-state index contributed by atoms with van der Waals surface area (Å²) in [6, 6.07) is 0.557. The van der Waals surface area contributed by atoms with Crippen LogP contribution in [-0.4, -0.2) is 54.9 Å². The van der Waals surface area contributed by atoms with Crippen molar-refractivity contribution < 1.29 is 4.39 Å². The van der Waals surface area contributed by atoms with E-state index < -0.39 is 0 Å². The second kappa shape index (κ2) is 5.83. The maximum atomic E-state index is 14.7. The number of piperidine rings is 1. The van der Waals surface area contributed by atoms with Crippen molar-refractivity contribution in [2.24, 2.45) is 7.05 Å². The van der Waals surface area contributed by atoms with Gasteiger partial charge in [-0.1, -0.05) is 6.92 Å². The van der Waals surface area contributed by atoms with E-state index in [1.54, 1.807) is 4.68 Å². The number of hydrogen-bond donors (Lipinski definition) is 0. The van der Waals surface area contributed by atoms with Gasteiger partial charge in [-0.05, 0) is 19.8 Å². The van der Waals surface area contributed by atoms with Gasteiger partial charge in [0.15, 0.2) is 17.3 Å². The van der Waals surface area contributed by atoms with E-state index in [9.17, 15) is 4.39 Å². The highest BCUT2D eigenvalue weighted by molar-refractivity contribution is 5.88. The zero-order chi connectivity index (χ0) is 18.7. The van der Waals surface area contributed by atoms with E-state index in [0.29, 0.717) is 17.9 Å². The Morgan fingerprint density at radius 2 is 1.93 bits per heavy atom. The van der Waals surface area contributed by atoms with Gasteiger partial charge in [0, 0.05) is 20.1 Å². The third kappa shape index (κ3) is 2.37. The maximum Gasteiger partial charge on any atom is 0.187 e. The first-order valence-corrected chi connectivity index (χ1v) is 9.25. The molecule has 6 rings (SSSR count). The summed E-state index contributed by atoms with van der Waals surface area (Å²) in [4.78, 5) is 21.9. The average molecular weight is 368 g/mol. The van der Waals surface area contributed by atoms with Crippen LogP contribution in [0.15, 0.2) is 12.5 Å². The summed E-state index contributed by atoms with van der Waals surface area (Å²) >= 11 is 0. The van der Waals surface area contributed by atoms with Crippen LogP contribution in [0.5, 0.6) is 0 Å². The Morgan fingerprint density at radius 1 is 1.15 bits per heavy atom. The van der Waals surface area contributed by atoms with E-state index in [1.807, 2.05) is 32.0 Å². The number of fused-ring (bicyclic) bond motifs is 3. The van der Waals surface area contributed by atoms with Gasteiger partial charge in [-0.25, -0.2) is 24.3 Å². The van der Waals surface area contributed by atoms with Crippen LogP contribution in [-0.2, 0) is 13.5 Å². The van der Waals surface area contributed by atoms with E-state index in [0.717, 1.165) is 42.2 Å². The fourth-order valence-electron chi connectivity index (χ4n) is 4.30. The third-order valence-corrected chi connectivity index (χ3v) is 5.60. The molecular weight excluding hydrogens is 347 g/mol. The highest BCUT2D eigenvalue weighted by Crippen LogP contribution is 2.40. The minimum atomic E-state index is -0.291. The minimum absolute atomic E-state index is 0.279. The van der Waals surface area contributed by atoms with Crippen molar-refractivity contribution >= 4 is 22.7 Å². The van der Waals surface area contributed by atoms with Crippen LogP contribution in [0.1, 0.15) is 24.9 Å².